The molecule has 0 radical (unpaired) electrons. The van der Waals surface area contributed by atoms with Crippen LogP contribution < -0.4 is 5.32 Å². The molecule has 0 aromatic heterocycles. The summed E-state index contributed by atoms with van der Waals surface area (Å²) in [6.45, 7) is 0. The zero-order valence-corrected chi connectivity index (χ0v) is 12.7. The van der Waals surface area contributed by atoms with Gasteiger partial charge in [-0.15, -0.1) is 0 Å². The summed E-state index contributed by atoms with van der Waals surface area (Å²) in [6.07, 6.45) is 7.84. The molecule has 1 N–H and O–H groups in total. The van der Waals surface area contributed by atoms with E-state index in [9.17, 15) is 0 Å². The quantitative estimate of drug-likeness (QED) is 0.846. The Bertz CT molecular complexity index is 525. The van der Waals surface area contributed by atoms with E-state index in [1.165, 1.54) is 60.6 Å². The van der Waals surface area contributed by atoms with Crippen LogP contribution in [-0.4, -0.2) is 17.0 Å². The number of aryl methyl sites for hydroxylation is 1. The normalized spacial score (nSPS) is 34.4. The molecule has 1 heterocycles. The molecule has 20 heavy (non-hydrogen) atoms. The Kier molecular flexibility index (Phi) is 3.47. The van der Waals surface area contributed by atoms with Crippen LogP contribution in [0.5, 0.6) is 0 Å². The number of benzene rings is 1. The average molecular weight is 286 g/mol. The third kappa shape index (κ3) is 2.37. The monoisotopic (exact) mass is 286 g/mol. The molecule has 1 aromatic carbocycles. The fourth-order valence-electron chi connectivity index (χ4n) is 3.89. The van der Waals surface area contributed by atoms with Crippen molar-refractivity contribution in [2.75, 3.05) is 5.75 Å². The van der Waals surface area contributed by atoms with Gasteiger partial charge >= 0.3 is 0 Å². The van der Waals surface area contributed by atoms with Crippen molar-refractivity contribution < 1.29 is 0 Å². The van der Waals surface area contributed by atoms with Crippen molar-refractivity contribution in [3.05, 3.63) is 35.4 Å². The van der Waals surface area contributed by atoms with Gasteiger partial charge in [0.05, 0.1) is 6.04 Å². The Morgan fingerprint density at radius 3 is 3.05 bits per heavy atom. The topological polar surface area (TPSA) is 24.4 Å². The molecule has 3 aliphatic rings. The number of hydrogen-bond donors (Lipinski definition) is 1. The first kappa shape index (κ1) is 12.8. The van der Waals surface area contributed by atoms with Gasteiger partial charge in [0.2, 0.25) is 0 Å². The highest BCUT2D eigenvalue weighted by Crippen LogP contribution is 2.36. The Morgan fingerprint density at radius 1 is 1.10 bits per heavy atom. The molecule has 1 saturated carbocycles. The molecule has 1 aliphatic heterocycles. The number of nitrogens with zero attached hydrogens (tertiary/aromatic N) is 1. The lowest BCUT2D eigenvalue weighted by Crippen LogP contribution is -2.41. The number of thioether (sulfide) groups is 1. The molecular weight excluding hydrogens is 264 g/mol. The minimum atomic E-state index is 0.382. The van der Waals surface area contributed by atoms with E-state index in [1.807, 2.05) is 11.8 Å². The van der Waals surface area contributed by atoms with Crippen molar-refractivity contribution >= 4 is 16.9 Å². The van der Waals surface area contributed by atoms with Crippen LogP contribution in [0.2, 0.25) is 0 Å². The summed E-state index contributed by atoms with van der Waals surface area (Å²) in [7, 11) is 0. The summed E-state index contributed by atoms with van der Waals surface area (Å²) in [5, 5.41) is 4.91. The molecule has 106 valence electrons. The van der Waals surface area contributed by atoms with E-state index in [0.29, 0.717) is 12.1 Å². The van der Waals surface area contributed by atoms with Crippen LogP contribution in [0.15, 0.2) is 29.3 Å². The predicted molar refractivity (Wildman–Crippen MR) is 86.3 cm³/mol. The maximum absolute atomic E-state index is 5.07. The van der Waals surface area contributed by atoms with Gasteiger partial charge in [-0.2, -0.15) is 0 Å². The Hall–Kier alpha value is -0.960. The number of rotatable bonds is 1. The molecule has 2 nitrogen and oxygen atoms in total. The van der Waals surface area contributed by atoms with Crippen LogP contribution in [0, 0.1) is 5.92 Å². The molecule has 1 saturated heterocycles. The Balaban J connectivity index is 1.55. The fraction of sp³-hybridized carbons (Fsp3) is 0.588. The molecule has 1 aromatic rings. The lowest BCUT2D eigenvalue weighted by atomic mass is 9.88. The number of aliphatic imine (C=N–C) groups is 1. The lowest BCUT2D eigenvalue weighted by Gasteiger charge is -2.30. The van der Waals surface area contributed by atoms with E-state index in [0.717, 1.165) is 5.92 Å². The second kappa shape index (κ2) is 5.44. The molecule has 0 spiro atoms. The maximum Gasteiger partial charge on any atom is 0.157 e. The zero-order valence-electron chi connectivity index (χ0n) is 11.8. The van der Waals surface area contributed by atoms with Gasteiger partial charge in [-0.1, -0.05) is 42.4 Å². The van der Waals surface area contributed by atoms with Crippen molar-refractivity contribution in [3.8, 4) is 0 Å². The molecule has 2 aliphatic carbocycles. The van der Waals surface area contributed by atoms with Gasteiger partial charge < -0.3 is 5.32 Å². The van der Waals surface area contributed by atoms with Gasteiger partial charge in [0.1, 0.15) is 0 Å². The Morgan fingerprint density at radius 2 is 2.05 bits per heavy atom. The second-order valence-electron chi connectivity index (χ2n) is 6.29. The Labute approximate surface area is 125 Å². The molecule has 2 fully saturated rings. The van der Waals surface area contributed by atoms with Crippen molar-refractivity contribution in [1.29, 1.82) is 0 Å². The zero-order chi connectivity index (χ0) is 13.4. The minimum Gasteiger partial charge on any atom is -0.362 e. The van der Waals surface area contributed by atoms with Crippen molar-refractivity contribution in [2.45, 2.75) is 50.6 Å². The SMILES string of the molecule is c1ccc2c(c1)CCCC2N=C1NC2CCCC2CS1. The highest BCUT2D eigenvalue weighted by Gasteiger charge is 2.32. The van der Waals surface area contributed by atoms with Gasteiger partial charge in [0, 0.05) is 11.8 Å². The summed E-state index contributed by atoms with van der Waals surface area (Å²) >= 11 is 1.95. The van der Waals surface area contributed by atoms with E-state index in [-0.39, 0.29) is 0 Å². The van der Waals surface area contributed by atoms with E-state index < -0.39 is 0 Å². The van der Waals surface area contributed by atoms with Crippen molar-refractivity contribution in [1.82, 2.24) is 5.32 Å². The third-order valence-corrected chi connectivity index (χ3v) is 6.10. The van der Waals surface area contributed by atoms with Crippen LogP contribution in [0.1, 0.15) is 49.3 Å². The number of amidine groups is 1. The standard InChI is InChI=1S/C17H22N2S/c1-2-8-14-12(5-1)6-3-10-16(14)19-17-18-15-9-4-7-13(15)11-20-17/h1-2,5,8,13,15-16H,3-4,6-7,9-11H2,(H,18,19). The predicted octanol–water partition coefficient (Wildman–Crippen LogP) is 3.93. The average Bonchev–Trinajstić information content (AvgIpc) is 2.95. The van der Waals surface area contributed by atoms with Crippen LogP contribution >= 0.6 is 11.8 Å². The first-order chi connectivity index (χ1) is 9.90. The van der Waals surface area contributed by atoms with Crippen LogP contribution in [0.3, 0.4) is 0 Å². The van der Waals surface area contributed by atoms with Crippen molar-refractivity contribution in [3.63, 3.8) is 0 Å². The number of hydrogen-bond acceptors (Lipinski definition) is 2. The molecular formula is C17H22N2S. The molecule has 0 amide bonds. The number of nitrogens with one attached hydrogen (secondary N) is 1. The first-order valence-corrected chi connectivity index (χ1v) is 8.93. The lowest BCUT2D eigenvalue weighted by molar-refractivity contribution is 0.486. The van der Waals surface area contributed by atoms with Gasteiger partial charge in [-0.05, 0) is 49.1 Å². The van der Waals surface area contributed by atoms with Gasteiger partial charge in [-0.3, -0.25) is 4.99 Å². The first-order valence-electron chi connectivity index (χ1n) is 7.95. The highest BCUT2D eigenvalue weighted by molar-refractivity contribution is 8.13. The largest absolute Gasteiger partial charge is 0.362 e. The maximum atomic E-state index is 5.07. The van der Waals surface area contributed by atoms with E-state index in [2.05, 4.69) is 29.6 Å². The van der Waals surface area contributed by atoms with E-state index >= 15 is 0 Å². The van der Waals surface area contributed by atoms with E-state index in [4.69, 9.17) is 4.99 Å². The van der Waals surface area contributed by atoms with E-state index in [1.54, 1.807) is 0 Å². The molecule has 0 bridgehead atoms. The molecule has 3 unspecified atom stereocenters. The van der Waals surface area contributed by atoms with Crippen LogP contribution in [0.4, 0.5) is 0 Å². The summed E-state index contributed by atoms with van der Waals surface area (Å²) in [4.78, 5) is 5.07. The van der Waals surface area contributed by atoms with Crippen LogP contribution in [-0.2, 0) is 6.42 Å². The van der Waals surface area contributed by atoms with Gasteiger partial charge in [0.25, 0.3) is 0 Å². The van der Waals surface area contributed by atoms with Gasteiger partial charge in [-0.25, -0.2) is 0 Å². The smallest absolute Gasteiger partial charge is 0.157 e. The summed E-state index contributed by atoms with van der Waals surface area (Å²) in [6, 6.07) is 9.95. The summed E-state index contributed by atoms with van der Waals surface area (Å²) in [5.41, 5.74) is 2.97. The second-order valence-corrected chi connectivity index (χ2v) is 7.30. The minimum absolute atomic E-state index is 0.382. The molecule has 3 atom stereocenters. The summed E-state index contributed by atoms with van der Waals surface area (Å²) < 4.78 is 0. The molecule has 3 heteroatoms. The third-order valence-electron chi connectivity index (χ3n) is 5.01. The molecule has 4 rings (SSSR count). The van der Waals surface area contributed by atoms with Crippen LogP contribution in [0.25, 0.3) is 0 Å². The van der Waals surface area contributed by atoms with Crippen molar-refractivity contribution in [2.24, 2.45) is 10.9 Å². The fourth-order valence-corrected chi connectivity index (χ4v) is 5.10. The number of fused-ring (bicyclic) bond motifs is 2. The van der Waals surface area contributed by atoms with Gasteiger partial charge in [0.15, 0.2) is 5.17 Å². The summed E-state index contributed by atoms with van der Waals surface area (Å²) in [5.74, 6) is 2.16. The highest BCUT2D eigenvalue weighted by atomic mass is 32.2.